The van der Waals surface area contributed by atoms with E-state index in [2.05, 4.69) is 5.32 Å². The van der Waals surface area contributed by atoms with Crippen LogP contribution in [0.5, 0.6) is 0 Å². The van der Waals surface area contributed by atoms with E-state index >= 15 is 0 Å². The summed E-state index contributed by atoms with van der Waals surface area (Å²) in [5.41, 5.74) is 0.381. The molecule has 0 fully saturated rings. The summed E-state index contributed by atoms with van der Waals surface area (Å²) in [5.74, 6) is -1.08. The maximum atomic E-state index is 13.4. The second-order valence-electron chi connectivity index (χ2n) is 9.60. The molecule has 0 radical (unpaired) electrons. The molecule has 2 aromatic carbocycles. The number of halogens is 3. The van der Waals surface area contributed by atoms with Crippen molar-refractivity contribution in [3.8, 4) is 0 Å². The summed E-state index contributed by atoms with van der Waals surface area (Å²) < 4.78 is 39.4. The van der Waals surface area contributed by atoms with Crippen molar-refractivity contribution in [2.24, 2.45) is 0 Å². The van der Waals surface area contributed by atoms with Gasteiger partial charge in [0.25, 0.3) is 0 Å². The fourth-order valence-electron chi connectivity index (χ4n) is 3.50. The minimum Gasteiger partial charge on any atom is -0.350 e. The molecule has 0 aliphatic carbocycles. The Labute approximate surface area is 222 Å². The average Bonchev–Trinajstić information content (AvgIpc) is 2.75. The van der Waals surface area contributed by atoms with Crippen molar-refractivity contribution < 1.29 is 22.4 Å². The van der Waals surface area contributed by atoms with E-state index in [1.165, 1.54) is 29.2 Å². The Balaban J connectivity index is 2.22. The predicted octanol–water partition coefficient (Wildman–Crippen LogP) is 5.01. The van der Waals surface area contributed by atoms with Crippen LogP contribution in [0.3, 0.4) is 0 Å². The zero-order valence-corrected chi connectivity index (χ0v) is 23.3. The van der Waals surface area contributed by atoms with Gasteiger partial charge in [0.15, 0.2) is 0 Å². The Kier molecular flexibility index (Phi) is 10.2. The number of anilines is 1. The summed E-state index contributed by atoms with van der Waals surface area (Å²) in [4.78, 5) is 27.5. The van der Waals surface area contributed by atoms with E-state index in [9.17, 15) is 22.4 Å². The lowest BCUT2D eigenvalue weighted by Gasteiger charge is -2.32. The quantitative estimate of drug-likeness (QED) is 0.443. The molecule has 0 saturated heterocycles. The van der Waals surface area contributed by atoms with Crippen LogP contribution in [0.4, 0.5) is 10.1 Å². The van der Waals surface area contributed by atoms with E-state index < -0.39 is 27.4 Å². The molecule has 2 rings (SSSR count). The summed E-state index contributed by atoms with van der Waals surface area (Å²) in [6, 6.07) is 9.37. The van der Waals surface area contributed by atoms with Gasteiger partial charge < -0.3 is 10.2 Å². The van der Waals surface area contributed by atoms with E-state index in [1.54, 1.807) is 25.1 Å². The fourth-order valence-corrected chi connectivity index (χ4v) is 4.91. The van der Waals surface area contributed by atoms with Crippen LogP contribution < -0.4 is 9.62 Å². The van der Waals surface area contributed by atoms with E-state index in [1.807, 2.05) is 20.8 Å². The fraction of sp³-hybridized carbons (Fsp3) is 0.440. The first-order valence-electron chi connectivity index (χ1n) is 11.4. The first-order chi connectivity index (χ1) is 16.6. The highest BCUT2D eigenvalue weighted by Gasteiger charge is 2.29. The number of benzene rings is 2. The number of hydrogen-bond acceptors (Lipinski definition) is 4. The third kappa shape index (κ3) is 8.94. The molecule has 198 valence electrons. The molecule has 0 bridgehead atoms. The number of nitrogens with one attached hydrogen (secondary N) is 1. The zero-order valence-electron chi connectivity index (χ0n) is 21.0. The molecule has 1 N–H and O–H groups in total. The zero-order chi connectivity index (χ0) is 27.3. The van der Waals surface area contributed by atoms with Gasteiger partial charge in [-0.15, -0.1) is 0 Å². The molecule has 2 amide bonds. The van der Waals surface area contributed by atoms with E-state index in [0.717, 1.165) is 10.6 Å². The van der Waals surface area contributed by atoms with E-state index in [-0.39, 0.29) is 48.5 Å². The van der Waals surface area contributed by atoms with Gasteiger partial charge in [-0.3, -0.25) is 13.9 Å². The Bertz CT molecular complexity index is 1180. The van der Waals surface area contributed by atoms with Gasteiger partial charge in [0, 0.05) is 30.1 Å². The number of nitrogens with zero attached hydrogens (tertiary/aromatic N) is 2. The highest BCUT2D eigenvalue weighted by molar-refractivity contribution is 7.92. The van der Waals surface area contributed by atoms with Crippen LogP contribution in [-0.2, 0) is 26.2 Å². The summed E-state index contributed by atoms with van der Waals surface area (Å²) in [6.45, 7) is 7.21. The van der Waals surface area contributed by atoms with E-state index in [0.29, 0.717) is 10.6 Å². The van der Waals surface area contributed by atoms with Crippen molar-refractivity contribution >= 4 is 50.7 Å². The highest BCUT2D eigenvalue weighted by atomic mass is 35.5. The monoisotopic (exact) mass is 559 g/mol. The molecule has 0 aliphatic heterocycles. The van der Waals surface area contributed by atoms with Gasteiger partial charge in [-0.1, -0.05) is 35.3 Å². The molecule has 0 unspecified atom stereocenters. The number of amides is 2. The van der Waals surface area contributed by atoms with Gasteiger partial charge >= 0.3 is 0 Å². The predicted molar refractivity (Wildman–Crippen MR) is 142 cm³/mol. The normalized spacial score (nSPS) is 12.7. The van der Waals surface area contributed by atoms with Gasteiger partial charge in [-0.25, -0.2) is 12.8 Å². The summed E-state index contributed by atoms with van der Waals surface area (Å²) >= 11 is 12.2. The molecule has 0 spiro atoms. The van der Waals surface area contributed by atoms with Crippen LogP contribution in [-0.4, -0.2) is 49.5 Å². The largest absolute Gasteiger partial charge is 0.350 e. The van der Waals surface area contributed by atoms with Crippen molar-refractivity contribution in [2.75, 3.05) is 17.1 Å². The Morgan fingerprint density at radius 2 is 1.69 bits per heavy atom. The standard InChI is InChI=1S/C25H32Cl2FN3O4S/c1-17(24(33)29-25(2,3)4)30(16-18-8-11-20(28)12-9-18)23(32)7-6-14-31(36(5,34)35)22-15-19(26)10-13-21(22)27/h8-13,15,17H,6-7,14,16H2,1-5H3,(H,29,33)/t17-/m1/s1. The van der Waals surface area contributed by atoms with Crippen LogP contribution in [0, 0.1) is 5.82 Å². The second kappa shape index (κ2) is 12.3. The van der Waals surface area contributed by atoms with Crippen molar-refractivity contribution in [1.82, 2.24) is 10.2 Å². The van der Waals surface area contributed by atoms with Crippen molar-refractivity contribution in [1.29, 1.82) is 0 Å². The Morgan fingerprint density at radius 1 is 1.08 bits per heavy atom. The third-order valence-electron chi connectivity index (χ3n) is 5.26. The van der Waals surface area contributed by atoms with Crippen molar-refractivity contribution in [2.45, 2.75) is 58.7 Å². The molecule has 7 nitrogen and oxygen atoms in total. The molecular weight excluding hydrogens is 528 g/mol. The number of rotatable bonds is 10. The number of carbonyl (C=O) groups excluding carboxylic acids is 2. The van der Waals surface area contributed by atoms with Crippen LogP contribution in [0.15, 0.2) is 42.5 Å². The maximum absolute atomic E-state index is 13.4. The molecule has 2 aromatic rings. The van der Waals surface area contributed by atoms with Crippen LogP contribution in [0.1, 0.15) is 46.1 Å². The first kappa shape index (κ1) is 29.9. The molecule has 0 saturated carbocycles. The topological polar surface area (TPSA) is 86.8 Å². The van der Waals surface area contributed by atoms with Gasteiger partial charge in [0.1, 0.15) is 11.9 Å². The average molecular weight is 561 g/mol. The number of sulfonamides is 1. The van der Waals surface area contributed by atoms with Crippen LogP contribution in [0.25, 0.3) is 0 Å². The first-order valence-corrected chi connectivity index (χ1v) is 14.0. The van der Waals surface area contributed by atoms with Gasteiger partial charge in [-0.2, -0.15) is 0 Å². The molecule has 0 heterocycles. The molecule has 36 heavy (non-hydrogen) atoms. The second-order valence-corrected chi connectivity index (χ2v) is 12.3. The lowest BCUT2D eigenvalue weighted by atomic mass is 10.1. The SMILES string of the molecule is C[C@H](C(=O)NC(C)(C)C)N(Cc1ccc(F)cc1)C(=O)CCCN(c1cc(Cl)ccc1Cl)S(C)(=O)=O. The lowest BCUT2D eigenvalue weighted by molar-refractivity contribution is -0.141. The van der Waals surface area contributed by atoms with Crippen LogP contribution in [0.2, 0.25) is 10.0 Å². The molecule has 11 heteroatoms. The molecule has 1 atom stereocenters. The number of hydrogen-bond donors (Lipinski definition) is 1. The Hall–Kier alpha value is -2.36. The highest BCUT2D eigenvalue weighted by Crippen LogP contribution is 2.31. The van der Waals surface area contributed by atoms with Gasteiger partial charge in [0.2, 0.25) is 21.8 Å². The smallest absolute Gasteiger partial charge is 0.242 e. The summed E-state index contributed by atoms with van der Waals surface area (Å²) in [5, 5.41) is 3.40. The lowest BCUT2D eigenvalue weighted by Crippen LogP contribution is -2.52. The van der Waals surface area contributed by atoms with Crippen molar-refractivity contribution in [3.05, 3.63) is 63.9 Å². The Morgan fingerprint density at radius 3 is 2.25 bits per heavy atom. The third-order valence-corrected chi connectivity index (χ3v) is 7.00. The number of carbonyl (C=O) groups is 2. The summed E-state index contributed by atoms with van der Waals surface area (Å²) in [6.07, 6.45) is 1.19. The minimum absolute atomic E-state index is 0.0163. The van der Waals surface area contributed by atoms with Gasteiger partial charge in [-0.05, 0) is 70.0 Å². The molecule has 0 aromatic heterocycles. The van der Waals surface area contributed by atoms with E-state index in [4.69, 9.17) is 23.2 Å². The van der Waals surface area contributed by atoms with Crippen LogP contribution >= 0.6 is 23.2 Å². The minimum atomic E-state index is -3.71. The molecular formula is C25H32Cl2FN3O4S. The molecule has 0 aliphatic rings. The van der Waals surface area contributed by atoms with Gasteiger partial charge in [0.05, 0.1) is 17.0 Å². The van der Waals surface area contributed by atoms with Crippen molar-refractivity contribution in [3.63, 3.8) is 0 Å². The summed E-state index contributed by atoms with van der Waals surface area (Å²) in [7, 11) is -3.71. The maximum Gasteiger partial charge on any atom is 0.242 e.